The predicted octanol–water partition coefficient (Wildman–Crippen LogP) is 3.50. The molecule has 1 heterocycles. The van der Waals surface area contributed by atoms with Crippen LogP contribution in [-0.2, 0) is 6.54 Å². The van der Waals surface area contributed by atoms with Crippen molar-refractivity contribution in [3.8, 4) is 0 Å². The zero-order valence-electron chi connectivity index (χ0n) is 12.3. The van der Waals surface area contributed by atoms with Crippen LogP contribution in [0.1, 0.15) is 51.0 Å². The van der Waals surface area contributed by atoms with Crippen LogP contribution < -0.4 is 5.32 Å². The molecule has 0 spiro atoms. The van der Waals surface area contributed by atoms with Crippen LogP contribution in [0.5, 0.6) is 0 Å². The summed E-state index contributed by atoms with van der Waals surface area (Å²) in [6.45, 7) is 4.11. The van der Waals surface area contributed by atoms with Crippen molar-refractivity contribution in [2.45, 2.75) is 58.0 Å². The fourth-order valence-corrected chi connectivity index (χ4v) is 2.61. The van der Waals surface area contributed by atoms with Gasteiger partial charge in [0.05, 0.1) is 0 Å². The first-order valence-electron chi connectivity index (χ1n) is 7.74. The maximum absolute atomic E-state index is 5.56. The molecule has 110 valence electrons. The van der Waals surface area contributed by atoms with Gasteiger partial charge in [0.15, 0.2) is 5.11 Å². The Bertz CT molecular complexity index is 403. The van der Waals surface area contributed by atoms with E-state index in [0.29, 0.717) is 6.04 Å². The van der Waals surface area contributed by atoms with Crippen molar-refractivity contribution >= 4 is 17.3 Å². The smallest absolute Gasteiger partial charge is 0.169 e. The highest BCUT2D eigenvalue weighted by atomic mass is 32.1. The second-order valence-corrected chi connectivity index (χ2v) is 5.90. The summed E-state index contributed by atoms with van der Waals surface area (Å²) in [7, 11) is 0. The van der Waals surface area contributed by atoms with E-state index >= 15 is 0 Å². The SMILES string of the molecule is CCCCCCNC(=S)N(Cc1cccnc1)C1CC1. The summed E-state index contributed by atoms with van der Waals surface area (Å²) >= 11 is 5.56. The molecule has 0 aromatic carbocycles. The van der Waals surface area contributed by atoms with Crippen LogP contribution in [-0.4, -0.2) is 27.6 Å². The molecule has 0 bridgehead atoms. The molecule has 0 saturated heterocycles. The lowest BCUT2D eigenvalue weighted by atomic mass is 10.2. The molecule has 1 aliphatic carbocycles. The number of thiocarbonyl (C=S) groups is 1. The normalized spacial score (nSPS) is 14.1. The molecule has 1 fully saturated rings. The van der Waals surface area contributed by atoms with Gasteiger partial charge in [-0.25, -0.2) is 0 Å². The van der Waals surface area contributed by atoms with E-state index in [-0.39, 0.29) is 0 Å². The van der Waals surface area contributed by atoms with Gasteiger partial charge in [-0.2, -0.15) is 0 Å². The van der Waals surface area contributed by atoms with Crippen molar-refractivity contribution in [1.29, 1.82) is 0 Å². The Balaban J connectivity index is 1.78. The van der Waals surface area contributed by atoms with Crippen LogP contribution in [0.25, 0.3) is 0 Å². The summed E-state index contributed by atoms with van der Waals surface area (Å²) in [6, 6.07) is 4.74. The molecule has 0 atom stereocenters. The Morgan fingerprint density at radius 3 is 2.90 bits per heavy atom. The minimum Gasteiger partial charge on any atom is -0.363 e. The zero-order valence-corrected chi connectivity index (χ0v) is 13.2. The molecule has 1 aliphatic rings. The third-order valence-corrected chi connectivity index (χ3v) is 4.01. The summed E-state index contributed by atoms with van der Waals surface area (Å²) < 4.78 is 0. The second-order valence-electron chi connectivity index (χ2n) is 5.51. The number of nitrogens with one attached hydrogen (secondary N) is 1. The van der Waals surface area contributed by atoms with Crippen molar-refractivity contribution in [2.75, 3.05) is 6.54 Å². The number of hydrogen-bond acceptors (Lipinski definition) is 2. The highest BCUT2D eigenvalue weighted by Gasteiger charge is 2.30. The summed E-state index contributed by atoms with van der Waals surface area (Å²) in [4.78, 5) is 6.51. The second kappa shape index (κ2) is 8.20. The van der Waals surface area contributed by atoms with E-state index in [0.717, 1.165) is 18.2 Å². The largest absolute Gasteiger partial charge is 0.363 e. The Hall–Kier alpha value is -1.16. The third-order valence-electron chi connectivity index (χ3n) is 3.63. The first kappa shape index (κ1) is 15.2. The first-order valence-corrected chi connectivity index (χ1v) is 8.15. The van der Waals surface area contributed by atoms with E-state index < -0.39 is 0 Å². The topological polar surface area (TPSA) is 28.2 Å². The molecule has 20 heavy (non-hydrogen) atoms. The van der Waals surface area contributed by atoms with E-state index in [1.54, 1.807) is 0 Å². The monoisotopic (exact) mass is 291 g/mol. The fraction of sp³-hybridized carbons (Fsp3) is 0.625. The number of pyridine rings is 1. The van der Waals surface area contributed by atoms with E-state index in [4.69, 9.17) is 12.2 Å². The van der Waals surface area contributed by atoms with Gasteiger partial charge in [0, 0.05) is 31.5 Å². The van der Waals surface area contributed by atoms with Crippen LogP contribution in [0, 0.1) is 0 Å². The van der Waals surface area contributed by atoms with Crippen molar-refractivity contribution < 1.29 is 0 Å². The maximum Gasteiger partial charge on any atom is 0.169 e. The minimum atomic E-state index is 0.630. The molecule has 0 aliphatic heterocycles. The Kier molecular flexibility index (Phi) is 6.25. The fourth-order valence-electron chi connectivity index (χ4n) is 2.29. The van der Waals surface area contributed by atoms with Gasteiger partial charge in [-0.15, -0.1) is 0 Å². The Morgan fingerprint density at radius 2 is 2.25 bits per heavy atom. The Morgan fingerprint density at radius 1 is 1.40 bits per heavy atom. The van der Waals surface area contributed by atoms with E-state index in [1.807, 2.05) is 18.5 Å². The highest BCUT2D eigenvalue weighted by molar-refractivity contribution is 7.80. The molecule has 1 aromatic rings. The molecule has 4 heteroatoms. The molecule has 0 amide bonds. The number of hydrogen-bond donors (Lipinski definition) is 1. The number of aromatic nitrogens is 1. The Labute approximate surface area is 127 Å². The van der Waals surface area contributed by atoms with Crippen molar-refractivity contribution in [3.05, 3.63) is 30.1 Å². The number of nitrogens with zero attached hydrogens (tertiary/aromatic N) is 2. The van der Waals surface area contributed by atoms with Gasteiger partial charge >= 0.3 is 0 Å². The number of rotatable bonds is 8. The highest BCUT2D eigenvalue weighted by Crippen LogP contribution is 2.28. The first-order chi connectivity index (χ1) is 9.81. The van der Waals surface area contributed by atoms with Crippen molar-refractivity contribution in [2.24, 2.45) is 0 Å². The lowest BCUT2D eigenvalue weighted by Crippen LogP contribution is -2.41. The van der Waals surface area contributed by atoms with Crippen molar-refractivity contribution in [3.63, 3.8) is 0 Å². The van der Waals surface area contributed by atoms with Gasteiger partial charge in [0.1, 0.15) is 0 Å². The summed E-state index contributed by atoms with van der Waals surface area (Å²) in [5.41, 5.74) is 1.23. The van der Waals surface area contributed by atoms with Gasteiger partial charge in [-0.05, 0) is 43.1 Å². The van der Waals surface area contributed by atoms with Gasteiger partial charge in [-0.1, -0.05) is 32.3 Å². The average Bonchev–Trinajstić information content (AvgIpc) is 3.30. The molecule has 1 N–H and O–H groups in total. The lowest BCUT2D eigenvalue weighted by molar-refractivity contribution is 0.394. The van der Waals surface area contributed by atoms with Crippen LogP contribution >= 0.6 is 12.2 Å². The molecule has 1 aromatic heterocycles. The number of unbranched alkanes of at least 4 members (excludes halogenated alkanes) is 3. The van der Waals surface area contributed by atoms with E-state index in [1.165, 1.54) is 44.1 Å². The van der Waals surface area contributed by atoms with E-state index in [9.17, 15) is 0 Å². The van der Waals surface area contributed by atoms with Gasteiger partial charge < -0.3 is 10.2 Å². The molecule has 1 saturated carbocycles. The standard InChI is InChI=1S/C16H25N3S/c1-2-3-4-5-11-18-16(20)19(15-8-9-15)13-14-7-6-10-17-12-14/h6-7,10,12,15H,2-5,8-9,11,13H2,1H3,(H,18,20). The molecular weight excluding hydrogens is 266 g/mol. The van der Waals surface area contributed by atoms with Crippen LogP contribution in [0.2, 0.25) is 0 Å². The van der Waals surface area contributed by atoms with Gasteiger partial charge in [0.25, 0.3) is 0 Å². The molecule has 2 rings (SSSR count). The quantitative estimate of drug-likeness (QED) is 0.586. The third kappa shape index (κ3) is 5.08. The molecule has 3 nitrogen and oxygen atoms in total. The van der Waals surface area contributed by atoms with Crippen LogP contribution in [0.15, 0.2) is 24.5 Å². The minimum absolute atomic E-state index is 0.630. The summed E-state index contributed by atoms with van der Waals surface area (Å²) in [5, 5.41) is 4.33. The lowest BCUT2D eigenvalue weighted by Gasteiger charge is -2.25. The van der Waals surface area contributed by atoms with E-state index in [2.05, 4.69) is 28.2 Å². The summed E-state index contributed by atoms with van der Waals surface area (Å²) in [6.07, 6.45) is 11.4. The zero-order chi connectivity index (χ0) is 14.2. The van der Waals surface area contributed by atoms with Gasteiger partial charge in [-0.3, -0.25) is 4.98 Å². The van der Waals surface area contributed by atoms with Gasteiger partial charge in [0.2, 0.25) is 0 Å². The van der Waals surface area contributed by atoms with Crippen LogP contribution in [0.4, 0.5) is 0 Å². The average molecular weight is 291 g/mol. The van der Waals surface area contributed by atoms with Crippen LogP contribution in [0.3, 0.4) is 0 Å². The maximum atomic E-state index is 5.56. The molecular formula is C16H25N3S. The predicted molar refractivity (Wildman–Crippen MR) is 87.5 cm³/mol. The molecule has 0 radical (unpaired) electrons. The van der Waals surface area contributed by atoms with Crippen molar-refractivity contribution in [1.82, 2.24) is 15.2 Å². The summed E-state index contributed by atoms with van der Waals surface area (Å²) in [5.74, 6) is 0. The molecule has 0 unspecified atom stereocenters.